The molecule has 0 spiro atoms. The molecule has 0 amide bonds. The summed E-state index contributed by atoms with van der Waals surface area (Å²) >= 11 is 6.05. The Kier molecular flexibility index (Phi) is 4.68. The zero-order valence-electron chi connectivity index (χ0n) is 13.0. The van der Waals surface area contributed by atoms with Crippen LogP contribution in [0.2, 0.25) is 5.02 Å². The maximum Gasteiger partial charge on any atom is 0.325 e. The van der Waals surface area contributed by atoms with E-state index in [1.165, 1.54) is 24.5 Å². The highest BCUT2D eigenvalue weighted by atomic mass is 35.5. The zero-order valence-corrected chi connectivity index (χ0v) is 13.8. The minimum atomic E-state index is -0.452. The van der Waals surface area contributed by atoms with Gasteiger partial charge < -0.3 is 4.74 Å². The first-order chi connectivity index (χ1) is 11.1. The second-order valence-electron chi connectivity index (χ2n) is 5.82. The zero-order chi connectivity index (χ0) is 16.4. The van der Waals surface area contributed by atoms with E-state index >= 15 is 0 Å². The number of fused-ring (bicyclic) bond motifs is 1. The third-order valence-corrected chi connectivity index (χ3v) is 4.48. The number of likely N-dealkylation sites (tertiary alicyclic amines) is 1. The van der Waals surface area contributed by atoms with E-state index in [-0.39, 0.29) is 12.1 Å². The Bertz CT molecular complexity index is 794. The summed E-state index contributed by atoms with van der Waals surface area (Å²) in [6.07, 6.45) is 2.33. The van der Waals surface area contributed by atoms with Gasteiger partial charge in [-0.3, -0.25) is 19.1 Å². The number of hydrogen-bond acceptors (Lipinski definition) is 4. The van der Waals surface area contributed by atoms with Crippen LogP contribution < -0.4 is 5.56 Å². The summed E-state index contributed by atoms with van der Waals surface area (Å²) in [5.74, 6) is -0.452. The normalized spacial score (nSPS) is 15.2. The molecule has 1 aromatic heterocycles. The van der Waals surface area contributed by atoms with Crippen LogP contribution in [0.1, 0.15) is 18.4 Å². The van der Waals surface area contributed by atoms with Crippen LogP contribution in [0.3, 0.4) is 0 Å². The van der Waals surface area contributed by atoms with Crippen LogP contribution in [0.5, 0.6) is 0 Å². The maximum atomic E-state index is 12.8. The van der Waals surface area contributed by atoms with Gasteiger partial charge >= 0.3 is 5.97 Å². The van der Waals surface area contributed by atoms with Crippen molar-refractivity contribution in [3.8, 4) is 0 Å². The molecule has 2 heterocycles. The number of carbonyl (C=O) groups excluding carboxylic acids is 1. The number of methoxy groups -OCH3 is 1. The Morgan fingerprint density at radius 1 is 1.26 bits per heavy atom. The summed E-state index contributed by atoms with van der Waals surface area (Å²) in [7, 11) is 1.32. The predicted octanol–water partition coefficient (Wildman–Crippen LogP) is 2.42. The molecule has 1 fully saturated rings. The molecular weight excluding hydrogens is 316 g/mol. The molecule has 5 nitrogen and oxygen atoms in total. The number of aromatic nitrogens is 1. The molecule has 0 N–H and O–H groups in total. The number of halogens is 1. The monoisotopic (exact) mass is 334 g/mol. The molecule has 0 saturated carbocycles. The summed E-state index contributed by atoms with van der Waals surface area (Å²) in [4.78, 5) is 26.8. The lowest BCUT2D eigenvalue weighted by Crippen LogP contribution is -2.31. The van der Waals surface area contributed by atoms with Gasteiger partial charge in [0, 0.05) is 17.1 Å². The van der Waals surface area contributed by atoms with E-state index in [0.717, 1.165) is 18.5 Å². The van der Waals surface area contributed by atoms with Gasteiger partial charge in [-0.2, -0.15) is 0 Å². The van der Waals surface area contributed by atoms with Gasteiger partial charge in [-0.15, -0.1) is 0 Å². The quantitative estimate of drug-likeness (QED) is 0.806. The molecule has 1 saturated heterocycles. The summed E-state index contributed by atoms with van der Waals surface area (Å²) in [6, 6.07) is 7.27. The molecule has 0 radical (unpaired) electrons. The molecule has 3 rings (SSSR count). The molecule has 0 bridgehead atoms. The Morgan fingerprint density at radius 3 is 2.70 bits per heavy atom. The highest BCUT2D eigenvalue weighted by Gasteiger charge is 2.17. The SMILES string of the molecule is COC(=O)Cn1c(=O)c(CN2CCCC2)cc2ccc(Cl)cc21. The number of benzene rings is 1. The first kappa shape index (κ1) is 16.0. The molecule has 2 aromatic rings. The number of nitrogens with zero attached hydrogens (tertiary/aromatic N) is 2. The second kappa shape index (κ2) is 6.72. The Labute approximate surface area is 139 Å². The van der Waals surface area contributed by atoms with E-state index in [0.29, 0.717) is 22.6 Å². The van der Waals surface area contributed by atoms with Gasteiger partial charge in [0.1, 0.15) is 6.54 Å². The average molecular weight is 335 g/mol. The Hall–Kier alpha value is -1.85. The molecule has 122 valence electrons. The summed E-state index contributed by atoms with van der Waals surface area (Å²) in [6.45, 7) is 2.52. The Balaban J connectivity index is 2.10. The minimum absolute atomic E-state index is 0.111. The van der Waals surface area contributed by atoms with Crippen LogP contribution in [0.25, 0.3) is 10.9 Å². The van der Waals surface area contributed by atoms with Gasteiger partial charge in [-0.05, 0) is 49.5 Å². The van der Waals surface area contributed by atoms with Crippen molar-refractivity contribution in [3.05, 3.63) is 45.2 Å². The molecular formula is C17H19ClN2O3. The fraction of sp³-hybridized carbons (Fsp3) is 0.412. The highest BCUT2D eigenvalue weighted by molar-refractivity contribution is 6.31. The first-order valence-corrected chi connectivity index (χ1v) is 8.07. The van der Waals surface area contributed by atoms with Crippen LogP contribution in [-0.4, -0.2) is 35.6 Å². The highest BCUT2D eigenvalue weighted by Crippen LogP contribution is 2.20. The molecule has 1 aromatic carbocycles. The molecule has 23 heavy (non-hydrogen) atoms. The summed E-state index contributed by atoms with van der Waals surface area (Å²) < 4.78 is 6.18. The third-order valence-electron chi connectivity index (χ3n) is 4.24. The van der Waals surface area contributed by atoms with Gasteiger partial charge in [-0.1, -0.05) is 17.7 Å². The van der Waals surface area contributed by atoms with Gasteiger partial charge in [0.05, 0.1) is 12.6 Å². The standard InChI is InChI=1S/C17H19ClN2O3/c1-23-16(21)11-20-15-9-14(18)5-4-12(15)8-13(17(20)22)10-19-6-2-3-7-19/h4-5,8-9H,2-3,6-7,10-11H2,1H3. The number of esters is 1. The van der Waals surface area contributed by atoms with Crippen LogP contribution in [-0.2, 0) is 22.6 Å². The lowest BCUT2D eigenvalue weighted by molar-refractivity contribution is -0.141. The molecule has 0 atom stereocenters. The fourth-order valence-corrected chi connectivity index (χ4v) is 3.22. The van der Waals surface area contributed by atoms with Crippen molar-refractivity contribution in [1.29, 1.82) is 0 Å². The van der Waals surface area contributed by atoms with Crippen molar-refractivity contribution in [2.45, 2.75) is 25.9 Å². The fourth-order valence-electron chi connectivity index (χ4n) is 3.05. The van der Waals surface area contributed by atoms with Crippen molar-refractivity contribution in [2.24, 2.45) is 0 Å². The molecule has 1 aliphatic heterocycles. The van der Waals surface area contributed by atoms with Crippen LogP contribution in [0, 0.1) is 0 Å². The lowest BCUT2D eigenvalue weighted by Gasteiger charge is -2.17. The second-order valence-corrected chi connectivity index (χ2v) is 6.26. The van der Waals surface area contributed by atoms with Crippen molar-refractivity contribution in [2.75, 3.05) is 20.2 Å². The van der Waals surface area contributed by atoms with E-state index < -0.39 is 5.97 Å². The lowest BCUT2D eigenvalue weighted by atomic mass is 10.1. The van der Waals surface area contributed by atoms with E-state index in [2.05, 4.69) is 4.90 Å². The van der Waals surface area contributed by atoms with Gasteiger partial charge in [0.25, 0.3) is 5.56 Å². The molecule has 6 heteroatoms. The largest absolute Gasteiger partial charge is 0.468 e. The summed E-state index contributed by atoms with van der Waals surface area (Å²) in [5.41, 5.74) is 1.20. The number of ether oxygens (including phenoxy) is 1. The number of rotatable bonds is 4. The maximum absolute atomic E-state index is 12.8. The van der Waals surface area contributed by atoms with Gasteiger partial charge in [0.15, 0.2) is 0 Å². The molecule has 0 unspecified atom stereocenters. The summed E-state index contributed by atoms with van der Waals surface area (Å²) in [5, 5.41) is 1.43. The number of pyridine rings is 1. The van der Waals surface area contributed by atoms with Gasteiger partial charge in [0.2, 0.25) is 0 Å². The van der Waals surface area contributed by atoms with Crippen molar-refractivity contribution in [1.82, 2.24) is 9.47 Å². The number of hydrogen-bond donors (Lipinski definition) is 0. The van der Waals surface area contributed by atoms with Crippen molar-refractivity contribution < 1.29 is 9.53 Å². The first-order valence-electron chi connectivity index (χ1n) is 7.69. The van der Waals surface area contributed by atoms with E-state index in [1.54, 1.807) is 12.1 Å². The minimum Gasteiger partial charge on any atom is -0.468 e. The topological polar surface area (TPSA) is 51.5 Å². The van der Waals surface area contributed by atoms with Crippen LogP contribution >= 0.6 is 11.6 Å². The van der Waals surface area contributed by atoms with Crippen molar-refractivity contribution in [3.63, 3.8) is 0 Å². The predicted molar refractivity (Wildman–Crippen MR) is 89.7 cm³/mol. The van der Waals surface area contributed by atoms with Crippen LogP contribution in [0.15, 0.2) is 29.1 Å². The van der Waals surface area contributed by atoms with E-state index in [4.69, 9.17) is 16.3 Å². The van der Waals surface area contributed by atoms with Gasteiger partial charge in [-0.25, -0.2) is 0 Å². The average Bonchev–Trinajstić information content (AvgIpc) is 3.04. The molecule has 0 aliphatic carbocycles. The van der Waals surface area contributed by atoms with E-state index in [9.17, 15) is 9.59 Å². The molecule has 1 aliphatic rings. The third kappa shape index (κ3) is 3.41. The van der Waals surface area contributed by atoms with Crippen LogP contribution in [0.4, 0.5) is 0 Å². The smallest absolute Gasteiger partial charge is 0.325 e. The Morgan fingerprint density at radius 2 is 2.00 bits per heavy atom. The van der Waals surface area contributed by atoms with Crippen molar-refractivity contribution >= 4 is 28.5 Å². The van der Waals surface area contributed by atoms with E-state index in [1.807, 2.05) is 12.1 Å². The number of carbonyl (C=O) groups is 1.